The zero-order chi connectivity index (χ0) is 13.2. The molecule has 0 bridgehead atoms. The van der Waals surface area contributed by atoms with Gasteiger partial charge < -0.3 is 15.0 Å². The number of ether oxygens (including phenoxy) is 1. The fourth-order valence-corrected chi connectivity index (χ4v) is 2.73. The molecule has 0 spiro atoms. The molecule has 1 aromatic rings. The molecule has 0 radical (unpaired) electrons. The van der Waals surface area contributed by atoms with Gasteiger partial charge in [-0.3, -0.25) is 0 Å². The Labute approximate surface area is 108 Å². The van der Waals surface area contributed by atoms with Crippen molar-refractivity contribution < 1.29 is 9.26 Å². The molecule has 1 aliphatic rings. The standard InChI is InChI=1S/C13H23N3O2/c1-4-10(14)11-15-12(16-18-11)13(17-3)7-5-6-9(2)8-13/h9-10H,4-8,14H2,1-3H3/t9?,10-,13?/m1/s1. The average Bonchev–Trinajstić information content (AvgIpc) is 2.87. The Kier molecular flexibility index (Phi) is 4.02. The number of methoxy groups -OCH3 is 1. The van der Waals surface area contributed by atoms with Gasteiger partial charge in [-0.25, -0.2) is 0 Å². The molecular weight excluding hydrogens is 230 g/mol. The molecule has 102 valence electrons. The first-order valence-electron chi connectivity index (χ1n) is 6.76. The van der Waals surface area contributed by atoms with E-state index in [1.54, 1.807) is 7.11 Å². The topological polar surface area (TPSA) is 74.2 Å². The van der Waals surface area contributed by atoms with E-state index in [0.717, 1.165) is 25.7 Å². The van der Waals surface area contributed by atoms with Crippen LogP contribution in [0.5, 0.6) is 0 Å². The predicted molar refractivity (Wildman–Crippen MR) is 67.8 cm³/mol. The Morgan fingerprint density at radius 2 is 2.39 bits per heavy atom. The van der Waals surface area contributed by atoms with Gasteiger partial charge in [-0.1, -0.05) is 25.4 Å². The minimum Gasteiger partial charge on any atom is -0.370 e. The quantitative estimate of drug-likeness (QED) is 0.892. The lowest BCUT2D eigenvalue weighted by Gasteiger charge is -2.36. The lowest BCUT2D eigenvalue weighted by Crippen LogP contribution is -2.35. The van der Waals surface area contributed by atoms with Crippen molar-refractivity contribution >= 4 is 0 Å². The van der Waals surface area contributed by atoms with Gasteiger partial charge in [0.05, 0.1) is 6.04 Å². The van der Waals surface area contributed by atoms with E-state index < -0.39 is 0 Å². The molecule has 2 unspecified atom stereocenters. The minimum atomic E-state index is -0.382. The van der Waals surface area contributed by atoms with Crippen LogP contribution in [0.4, 0.5) is 0 Å². The summed E-state index contributed by atoms with van der Waals surface area (Å²) < 4.78 is 11.0. The molecule has 1 aromatic heterocycles. The lowest BCUT2D eigenvalue weighted by molar-refractivity contribution is -0.0658. The maximum absolute atomic E-state index is 5.91. The van der Waals surface area contributed by atoms with E-state index in [1.165, 1.54) is 6.42 Å². The first-order chi connectivity index (χ1) is 8.61. The van der Waals surface area contributed by atoms with Crippen molar-refractivity contribution in [3.05, 3.63) is 11.7 Å². The second-order valence-corrected chi connectivity index (χ2v) is 5.37. The van der Waals surface area contributed by atoms with Crippen molar-refractivity contribution in [3.8, 4) is 0 Å². The Bertz CT molecular complexity index is 393. The van der Waals surface area contributed by atoms with Crippen LogP contribution in [0.25, 0.3) is 0 Å². The minimum absolute atomic E-state index is 0.179. The number of hydrogen-bond acceptors (Lipinski definition) is 5. The highest BCUT2D eigenvalue weighted by atomic mass is 16.5. The number of rotatable bonds is 4. The molecule has 5 heteroatoms. The molecular formula is C13H23N3O2. The van der Waals surface area contributed by atoms with E-state index in [-0.39, 0.29) is 11.6 Å². The number of nitrogens with zero attached hydrogens (tertiary/aromatic N) is 2. The smallest absolute Gasteiger partial charge is 0.243 e. The largest absolute Gasteiger partial charge is 0.370 e. The molecule has 0 aromatic carbocycles. The third-order valence-corrected chi connectivity index (χ3v) is 3.95. The van der Waals surface area contributed by atoms with Crippen LogP contribution in [0.3, 0.4) is 0 Å². The molecule has 5 nitrogen and oxygen atoms in total. The van der Waals surface area contributed by atoms with Crippen molar-refractivity contribution in [3.63, 3.8) is 0 Å². The first kappa shape index (κ1) is 13.5. The van der Waals surface area contributed by atoms with Gasteiger partial charge in [0, 0.05) is 7.11 Å². The van der Waals surface area contributed by atoms with E-state index in [0.29, 0.717) is 17.6 Å². The van der Waals surface area contributed by atoms with Gasteiger partial charge in [0.2, 0.25) is 11.7 Å². The van der Waals surface area contributed by atoms with Crippen LogP contribution in [-0.2, 0) is 10.3 Å². The van der Waals surface area contributed by atoms with E-state index in [2.05, 4.69) is 17.1 Å². The summed E-state index contributed by atoms with van der Waals surface area (Å²) in [6, 6.07) is -0.179. The second-order valence-electron chi connectivity index (χ2n) is 5.37. The maximum atomic E-state index is 5.91. The molecule has 1 saturated carbocycles. The number of aromatic nitrogens is 2. The van der Waals surface area contributed by atoms with E-state index in [9.17, 15) is 0 Å². The van der Waals surface area contributed by atoms with Gasteiger partial charge in [-0.05, 0) is 31.6 Å². The van der Waals surface area contributed by atoms with Gasteiger partial charge in [-0.15, -0.1) is 0 Å². The summed E-state index contributed by atoms with van der Waals surface area (Å²) in [6.07, 6.45) is 5.07. The first-order valence-corrected chi connectivity index (χ1v) is 6.76. The van der Waals surface area contributed by atoms with Crippen LogP contribution in [-0.4, -0.2) is 17.3 Å². The fourth-order valence-electron chi connectivity index (χ4n) is 2.73. The van der Waals surface area contributed by atoms with E-state index >= 15 is 0 Å². The van der Waals surface area contributed by atoms with Crippen LogP contribution >= 0.6 is 0 Å². The van der Waals surface area contributed by atoms with Crippen LogP contribution in [0.2, 0.25) is 0 Å². The summed E-state index contributed by atoms with van der Waals surface area (Å²) in [5.41, 5.74) is 5.53. The molecule has 3 atom stereocenters. The van der Waals surface area contributed by atoms with E-state index in [1.807, 2.05) is 6.92 Å². The normalized spacial score (nSPS) is 30.3. The van der Waals surface area contributed by atoms with Gasteiger partial charge in [0.15, 0.2) is 0 Å². The summed E-state index contributed by atoms with van der Waals surface area (Å²) in [7, 11) is 1.73. The van der Waals surface area contributed by atoms with Crippen LogP contribution < -0.4 is 5.73 Å². The van der Waals surface area contributed by atoms with Crippen LogP contribution in [0.15, 0.2) is 4.52 Å². The van der Waals surface area contributed by atoms with Crippen molar-refractivity contribution in [1.29, 1.82) is 0 Å². The van der Waals surface area contributed by atoms with Crippen molar-refractivity contribution in [2.24, 2.45) is 11.7 Å². The van der Waals surface area contributed by atoms with Gasteiger partial charge in [-0.2, -0.15) is 4.98 Å². The maximum Gasteiger partial charge on any atom is 0.243 e. The van der Waals surface area contributed by atoms with Gasteiger partial charge in [0.25, 0.3) is 0 Å². The molecule has 1 heterocycles. The third-order valence-electron chi connectivity index (χ3n) is 3.95. The number of nitrogens with two attached hydrogens (primary N) is 1. The Balaban J connectivity index is 2.24. The highest BCUT2D eigenvalue weighted by Gasteiger charge is 2.41. The van der Waals surface area contributed by atoms with Crippen molar-refractivity contribution in [2.45, 2.75) is 57.6 Å². The molecule has 2 rings (SSSR count). The van der Waals surface area contributed by atoms with Crippen LogP contribution in [0, 0.1) is 5.92 Å². The molecule has 1 fully saturated rings. The SMILES string of the molecule is CC[C@@H](N)c1nc(C2(OC)CCCC(C)C2)no1. The zero-order valence-corrected chi connectivity index (χ0v) is 11.5. The lowest BCUT2D eigenvalue weighted by atomic mass is 9.78. The Morgan fingerprint density at radius 1 is 1.61 bits per heavy atom. The van der Waals surface area contributed by atoms with Crippen molar-refractivity contribution in [2.75, 3.05) is 7.11 Å². The van der Waals surface area contributed by atoms with E-state index in [4.69, 9.17) is 15.0 Å². The molecule has 0 saturated heterocycles. The van der Waals surface area contributed by atoms with Gasteiger partial charge in [0.1, 0.15) is 5.60 Å². The Hall–Kier alpha value is -0.940. The molecule has 1 aliphatic carbocycles. The summed E-state index contributed by atoms with van der Waals surface area (Å²) >= 11 is 0. The van der Waals surface area contributed by atoms with Crippen molar-refractivity contribution in [1.82, 2.24) is 10.1 Å². The molecule has 0 aliphatic heterocycles. The predicted octanol–water partition coefficient (Wildman–Crippen LogP) is 2.53. The third kappa shape index (κ3) is 2.42. The summed E-state index contributed by atoms with van der Waals surface area (Å²) in [4.78, 5) is 4.45. The highest BCUT2D eigenvalue weighted by Crippen LogP contribution is 2.41. The number of hydrogen-bond donors (Lipinski definition) is 1. The zero-order valence-electron chi connectivity index (χ0n) is 11.5. The molecule has 2 N–H and O–H groups in total. The summed E-state index contributed by atoms with van der Waals surface area (Å²) in [5, 5.41) is 4.10. The summed E-state index contributed by atoms with van der Waals surface area (Å²) in [5.74, 6) is 1.80. The second kappa shape index (κ2) is 5.36. The Morgan fingerprint density at radius 3 is 3.00 bits per heavy atom. The van der Waals surface area contributed by atoms with Crippen LogP contribution in [0.1, 0.15) is 63.7 Å². The average molecular weight is 253 g/mol. The highest BCUT2D eigenvalue weighted by molar-refractivity contribution is 5.05. The molecule has 0 amide bonds. The van der Waals surface area contributed by atoms with Gasteiger partial charge >= 0.3 is 0 Å². The molecule has 18 heavy (non-hydrogen) atoms. The summed E-state index contributed by atoms with van der Waals surface area (Å²) in [6.45, 7) is 4.25. The monoisotopic (exact) mass is 253 g/mol. The fraction of sp³-hybridized carbons (Fsp3) is 0.846.